The number of likely N-dealkylation sites (tertiary alicyclic amines) is 1. The van der Waals surface area contributed by atoms with Crippen molar-refractivity contribution in [3.05, 3.63) is 23.8 Å². The smallest absolute Gasteiger partial charge is 0.328 e. The van der Waals surface area contributed by atoms with E-state index in [9.17, 15) is 18.0 Å². The van der Waals surface area contributed by atoms with E-state index < -0.39 is 22.0 Å². The first-order valence-electron chi connectivity index (χ1n) is 11.2. The molecule has 1 N–H and O–H groups in total. The fraction of sp³-hybridized carbons (Fsp3) is 0.636. The summed E-state index contributed by atoms with van der Waals surface area (Å²) < 4.78 is 32.8. The van der Waals surface area contributed by atoms with Crippen molar-refractivity contribution in [2.24, 2.45) is 5.92 Å². The van der Waals surface area contributed by atoms with E-state index >= 15 is 0 Å². The second kappa shape index (κ2) is 9.16. The first-order chi connectivity index (χ1) is 14.9. The van der Waals surface area contributed by atoms with Crippen LogP contribution in [-0.2, 0) is 19.6 Å². The molecule has 3 aliphatic rings. The number of hydrogen-bond donors (Lipinski definition) is 1. The number of carbonyl (C=O) groups excluding carboxylic acids is 2. The van der Waals surface area contributed by atoms with Gasteiger partial charge in [0.2, 0.25) is 10.0 Å². The summed E-state index contributed by atoms with van der Waals surface area (Å²) in [6.07, 6.45) is 6.23. The molecule has 0 bridgehead atoms. The van der Waals surface area contributed by atoms with Crippen LogP contribution in [0.5, 0.6) is 0 Å². The average Bonchev–Trinajstić information content (AvgIpc) is 3.45. The largest absolute Gasteiger partial charge is 0.467 e. The number of rotatable bonds is 7. The normalized spacial score (nSPS) is 22.4. The van der Waals surface area contributed by atoms with Crippen molar-refractivity contribution in [3.63, 3.8) is 0 Å². The maximum atomic E-state index is 13.4. The van der Waals surface area contributed by atoms with Crippen molar-refractivity contribution < 1.29 is 22.7 Å². The van der Waals surface area contributed by atoms with Gasteiger partial charge in [0, 0.05) is 37.4 Å². The number of sulfonamides is 1. The summed E-state index contributed by atoms with van der Waals surface area (Å²) in [7, 11) is -2.35. The first kappa shape index (κ1) is 22.1. The fourth-order valence-electron chi connectivity index (χ4n) is 4.36. The molecular weight excluding hydrogens is 418 g/mol. The molecule has 3 fully saturated rings. The summed E-state index contributed by atoms with van der Waals surface area (Å²) in [6, 6.07) is 4.16. The molecule has 1 aromatic rings. The molecular formula is C22H31N3O5S. The lowest BCUT2D eigenvalue weighted by molar-refractivity contribution is -0.147. The van der Waals surface area contributed by atoms with E-state index in [0.29, 0.717) is 37.7 Å². The SMILES string of the molecule is COC(=O)C1CCCCN1C(=O)c1cc(NCC2CC2)cc(S(=O)(=O)N2CCCC2)c1. The van der Waals surface area contributed by atoms with Crippen molar-refractivity contribution >= 4 is 27.6 Å². The predicted octanol–water partition coefficient (Wildman–Crippen LogP) is 2.46. The third-order valence-corrected chi connectivity index (χ3v) is 8.26. The van der Waals surface area contributed by atoms with Crippen LogP contribution in [0.15, 0.2) is 23.1 Å². The van der Waals surface area contributed by atoms with Gasteiger partial charge in [-0.25, -0.2) is 13.2 Å². The Labute approximate surface area is 184 Å². The van der Waals surface area contributed by atoms with E-state index in [4.69, 9.17) is 4.74 Å². The average molecular weight is 450 g/mol. The van der Waals surface area contributed by atoms with Crippen LogP contribution >= 0.6 is 0 Å². The maximum Gasteiger partial charge on any atom is 0.328 e. The van der Waals surface area contributed by atoms with Crippen LogP contribution in [-0.4, -0.2) is 68.8 Å². The third kappa shape index (κ3) is 4.87. The zero-order valence-electron chi connectivity index (χ0n) is 18.0. The van der Waals surface area contributed by atoms with E-state index in [1.807, 2.05) is 0 Å². The van der Waals surface area contributed by atoms with Gasteiger partial charge < -0.3 is 15.0 Å². The summed E-state index contributed by atoms with van der Waals surface area (Å²) >= 11 is 0. The molecule has 1 amide bonds. The molecule has 8 nitrogen and oxygen atoms in total. The molecule has 0 aromatic heterocycles. The van der Waals surface area contributed by atoms with Gasteiger partial charge in [-0.3, -0.25) is 4.79 Å². The van der Waals surface area contributed by atoms with Crippen LogP contribution in [0.4, 0.5) is 5.69 Å². The van der Waals surface area contributed by atoms with E-state index in [2.05, 4.69) is 5.32 Å². The highest BCUT2D eigenvalue weighted by molar-refractivity contribution is 7.89. The summed E-state index contributed by atoms with van der Waals surface area (Å²) in [5.74, 6) is -0.159. The highest BCUT2D eigenvalue weighted by Gasteiger charge is 2.35. The lowest BCUT2D eigenvalue weighted by Gasteiger charge is -2.34. The zero-order chi connectivity index (χ0) is 22.0. The molecule has 1 unspecified atom stereocenters. The third-order valence-electron chi connectivity index (χ3n) is 6.38. The topological polar surface area (TPSA) is 96.0 Å². The van der Waals surface area contributed by atoms with Crippen molar-refractivity contribution in [3.8, 4) is 0 Å². The summed E-state index contributed by atoms with van der Waals surface area (Å²) in [4.78, 5) is 27.3. The Balaban J connectivity index is 1.67. The summed E-state index contributed by atoms with van der Waals surface area (Å²) in [5, 5.41) is 3.31. The number of esters is 1. The minimum Gasteiger partial charge on any atom is -0.467 e. The van der Waals surface area contributed by atoms with Gasteiger partial charge in [0.1, 0.15) is 6.04 Å². The van der Waals surface area contributed by atoms with Crippen LogP contribution in [0.1, 0.15) is 55.3 Å². The Morgan fingerprint density at radius 2 is 1.74 bits per heavy atom. The molecule has 31 heavy (non-hydrogen) atoms. The van der Waals surface area contributed by atoms with Crippen LogP contribution < -0.4 is 5.32 Å². The maximum absolute atomic E-state index is 13.4. The number of amides is 1. The highest BCUT2D eigenvalue weighted by atomic mass is 32.2. The number of hydrogen-bond acceptors (Lipinski definition) is 6. The molecule has 0 radical (unpaired) electrons. The van der Waals surface area contributed by atoms with Crippen LogP contribution in [0, 0.1) is 5.92 Å². The monoisotopic (exact) mass is 449 g/mol. The molecule has 2 heterocycles. The van der Waals surface area contributed by atoms with Crippen molar-refractivity contribution in [1.29, 1.82) is 0 Å². The lowest BCUT2D eigenvalue weighted by Crippen LogP contribution is -2.48. The first-order valence-corrected chi connectivity index (χ1v) is 12.6. The molecule has 4 rings (SSSR count). The number of piperidine rings is 1. The minimum absolute atomic E-state index is 0.130. The van der Waals surface area contributed by atoms with Crippen LogP contribution in [0.25, 0.3) is 0 Å². The van der Waals surface area contributed by atoms with E-state index in [0.717, 1.165) is 32.2 Å². The molecule has 1 atom stereocenters. The van der Waals surface area contributed by atoms with Gasteiger partial charge in [0.15, 0.2) is 0 Å². The highest BCUT2D eigenvalue weighted by Crippen LogP contribution is 2.31. The van der Waals surface area contributed by atoms with Crippen LogP contribution in [0.3, 0.4) is 0 Å². The van der Waals surface area contributed by atoms with Gasteiger partial charge in [-0.1, -0.05) is 0 Å². The van der Waals surface area contributed by atoms with E-state index in [1.54, 1.807) is 12.1 Å². The number of methoxy groups -OCH3 is 1. The van der Waals surface area contributed by atoms with Crippen LogP contribution in [0.2, 0.25) is 0 Å². The molecule has 2 aliphatic heterocycles. The Kier molecular flexibility index (Phi) is 6.52. The van der Waals surface area contributed by atoms with Crippen molar-refractivity contribution in [2.45, 2.75) is 55.9 Å². The standard InChI is InChI=1S/C22H31N3O5S/c1-30-22(27)20-6-2-3-11-25(20)21(26)17-12-18(23-15-16-7-8-16)14-19(13-17)31(28,29)24-9-4-5-10-24/h12-14,16,20,23H,2-11,15H2,1H3. The zero-order valence-corrected chi connectivity index (χ0v) is 18.8. The van der Waals surface area contributed by atoms with Gasteiger partial charge >= 0.3 is 5.97 Å². The van der Waals surface area contributed by atoms with Gasteiger partial charge in [-0.15, -0.1) is 0 Å². The Morgan fingerprint density at radius 3 is 2.42 bits per heavy atom. The second-order valence-electron chi connectivity index (χ2n) is 8.71. The van der Waals surface area contributed by atoms with Gasteiger partial charge in [0.05, 0.1) is 12.0 Å². The molecule has 2 saturated heterocycles. The summed E-state index contributed by atoms with van der Waals surface area (Å²) in [5.41, 5.74) is 0.913. The second-order valence-corrected chi connectivity index (χ2v) is 10.7. The quantitative estimate of drug-likeness (QED) is 0.643. The Bertz CT molecular complexity index is 938. The molecule has 1 saturated carbocycles. The van der Waals surface area contributed by atoms with Gasteiger partial charge in [-0.05, 0) is 69.1 Å². The minimum atomic E-state index is -3.67. The molecule has 1 aliphatic carbocycles. The van der Waals surface area contributed by atoms with Crippen molar-refractivity contribution in [1.82, 2.24) is 9.21 Å². The number of carbonyl (C=O) groups is 2. The molecule has 0 spiro atoms. The van der Waals surface area contributed by atoms with Gasteiger partial charge in [-0.2, -0.15) is 4.31 Å². The number of anilines is 1. The predicted molar refractivity (Wildman–Crippen MR) is 116 cm³/mol. The van der Waals surface area contributed by atoms with Gasteiger partial charge in [0.25, 0.3) is 5.91 Å². The Hall–Kier alpha value is -2.13. The Morgan fingerprint density at radius 1 is 1.03 bits per heavy atom. The lowest BCUT2D eigenvalue weighted by atomic mass is 10.0. The fourth-order valence-corrected chi connectivity index (χ4v) is 5.95. The van der Waals surface area contributed by atoms with Crippen molar-refractivity contribution in [2.75, 3.05) is 38.6 Å². The molecule has 1 aromatic carbocycles. The number of nitrogens with zero attached hydrogens (tertiary/aromatic N) is 2. The number of nitrogens with one attached hydrogen (secondary N) is 1. The number of benzene rings is 1. The molecule has 170 valence electrons. The summed E-state index contributed by atoms with van der Waals surface area (Å²) in [6.45, 7) is 2.21. The molecule has 9 heteroatoms. The van der Waals surface area contributed by atoms with E-state index in [-0.39, 0.29) is 16.4 Å². The number of ether oxygens (including phenoxy) is 1. The van der Waals surface area contributed by atoms with E-state index in [1.165, 1.54) is 35.2 Å².